The molecule has 11 heteroatoms. The van der Waals surface area contributed by atoms with Crippen LogP contribution in [-0.4, -0.2) is 20.0 Å². The van der Waals surface area contributed by atoms with Crippen LogP contribution in [0.25, 0.3) is 27.7 Å². The normalized spacial score (nSPS) is 12.8. The minimum Gasteiger partial charge on any atom is -0.192 e. The van der Waals surface area contributed by atoms with Gasteiger partial charge in [-0.2, -0.15) is 30.9 Å². The zero-order valence-corrected chi connectivity index (χ0v) is 14.2. The van der Waals surface area contributed by atoms with E-state index in [4.69, 9.17) is 11.6 Å². The maximum absolute atomic E-state index is 13.2. The summed E-state index contributed by atoms with van der Waals surface area (Å²) in [5.74, 6) is 0. The minimum atomic E-state index is -4.96. The molecule has 0 unspecified atom stereocenters. The van der Waals surface area contributed by atoms with Crippen LogP contribution in [0.1, 0.15) is 11.1 Å². The smallest absolute Gasteiger partial charge is 0.192 e. The first-order chi connectivity index (χ1) is 13.0. The lowest BCUT2D eigenvalue weighted by atomic mass is 9.98. The molecule has 0 saturated heterocycles. The van der Waals surface area contributed by atoms with E-state index in [1.165, 1.54) is 22.7 Å². The van der Waals surface area contributed by atoms with Crippen molar-refractivity contribution in [3.05, 3.63) is 58.6 Å². The molecule has 0 aliphatic carbocycles. The third-order valence-electron chi connectivity index (χ3n) is 4.13. The highest BCUT2D eigenvalue weighted by atomic mass is 35.5. The Labute approximate surface area is 157 Å². The van der Waals surface area contributed by atoms with Crippen molar-refractivity contribution in [2.75, 3.05) is 0 Å². The van der Waals surface area contributed by atoms with Crippen molar-refractivity contribution < 1.29 is 26.3 Å². The molecule has 28 heavy (non-hydrogen) atoms. The number of fused-ring (bicyclic) bond motifs is 3. The third kappa shape index (κ3) is 3.13. The van der Waals surface area contributed by atoms with Gasteiger partial charge in [0.15, 0.2) is 5.65 Å². The second-order valence-electron chi connectivity index (χ2n) is 5.97. The largest absolute Gasteiger partial charge is 0.416 e. The summed E-state index contributed by atoms with van der Waals surface area (Å²) in [4.78, 5) is 0. The minimum absolute atomic E-state index is 0.00205. The van der Waals surface area contributed by atoms with E-state index < -0.39 is 23.5 Å². The van der Waals surface area contributed by atoms with E-state index in [2.05, 4.69) is 15.5 Å². The van der Waals surface area contributed by atoms with E-state index in [1.807, 2.05) is 0 Å². The lowest BCUT2D eigenvalue weighted by molar-refractivity contribution is -0.143. The van der Waals surface area contributed by atoms with Gasteiger partial charge < -0.3 is 0 Å². The monoisotopic (exact) mass is 416 g/mol. The fourth-order valence-electron chi connectivity index (χ4n) is 2.88. The zero-order valence-electron chi connectivity index (χ0n) is 13.5. The molecule has 2 aromatic heterocycles. The number of alkyl halides is 6. The number of hydrogen-bond donors (Lipinski definition) is 0. The molecule has 2 heterocycles. The quantitative estimate of drug-likeness (QED) is 0.377. The van der Waals surface area contributed by atoms with Crippen molar-refractivity contribution in [3.63, 3.8) is 0 Å². The van der Waals surface area contributed by atoms with E-state index in [1.54, 1.807) is 6.07 Å². The van der Waals surface area contributed by atoms with Crippen LogP contribution in [0, 0.1) is 0 Å². The van der Waals surface area contributed by atoms with Gasteiger partial charge in [-0.25, -0.2) is 0 Å². The number of halogens is 7. The third-order valence-corrected chi connectivity index (χ3v) is 4.36. The van der Waals surface area contributed by atoms with Gasteiger partial charge in [0.2, 0.25) is 0 Å². The van der Waals surface area contributed by atoms with Crippen LogP contribution in [0.3, 0.4) is 0 Å². The first-order valence-electron chi connectivity index (χ1n) is 7.64. The Balaban J connectivity index is 2.07. The molecule has 4 rings (SSSR count). The first-order valence-corrected chi connectivity index (χ1v) is 8.02. The van der Waals surface area contributed by atoms with E-state index in [0.717, 1.165) is 0 Å². The number of tetrazole rings is 1. The Hall–Kier alpha value is -2.88. The summed E-state index contributed by atoms with van der Waals surface area (Å²) in [6, 6.07) is 7.42. The lowest BCUT2D eigenvalue weighted by Crippen LogP contribution is -2.11. The SMILES string of the molecule is FC(F)(F)c1cc(-c2cc3ccc(Cl)cc3n3nnnc23)cc(C(F)(F)F)c1. The Morgan fingerprint density at radius 3 is 2.07 bits per heavy atom. The molecular formula is C17H7ClF6N4. The summed E-state index contributed by atoms with van der Waals surface area (Å²) in [5.41, 5.74) is -2.66. The summed E-state index contributed by atoms with van der Waals surface area (Å²) in [5, 5.41) is 11.9. The Kier molecular flexibility index (Phi) is 4.00. The number of pyridine rings is 1. The highest BCUT2D eigenvalue weighted by Crippen LogP contribution is 2.39. The van der Waals surface area contributed by atoms with Crippen molar-refractivity contribution in [2.45, 2.75) is 12.4 Å². The molecule has 0 amide bonds. The zero-order chi connectivity index (χ0) is 20.3. The number of aromatic nitrogens is 4. The van der Waals surface area contributed by atoms with E-state index in [9.17, 15) is 26.3 Å². The predicted molar refractivity (Wildman–Crippen MR) is 88.7 cm³/mol. The van der Waals surface area contributed by atoms with Gasteiger partial charge in [0.25, 0.3) is 0 Å². The van der Waals surface area contributed by atoms with Crippen LogP contribution in [0.2, 0.25) is 5.02 Å². The summed E-state index contributed by atoms with van der Waals surface area (Å²) in [6.07, 6.45) is -9.91. The Morgan fingerprint density at radius 1 is 0.821 bits per heavy atom. The van der Waals surface area contributed by atoms with Crippen molar-refractivity contribution in [3.8, 4) is 11.1 Å². The fraction of sp³-hybridized carbons (Fsp3) is 0.118. The van der Waals surface area contributed by atoms with Crippen LogP contribution >= 0.6 is 11.6 Å². The maximum Gasteiger partial charge on any atom is 0.416 e. The van der Waals surface area contributed by atoms with Gasteiger partial charge in [-0.1, -0.05) is 17.7 Å². The number of nitrogens with zero attached hydrogens (tertiary/aromatic N) is 4. The molecule has 4 nitrogen and oxygen atoms in total. The summed E-state index contributed by atoms with van der Waals surface area (Å²) >= 11 is 5.95. The number of benzene rings is 2. The van der Waals surface area contributed by atoms with E-state index in [0.29, 0.717) is 28.1 Å². The molecule has 144 valence electrons. The fourth-order valence-corrected chi connectivity index (χ4v) is 3.05. The number of hydrogen-bond acceptors (Lipinski definition) is 3. The van der Waals surface area contributed by atoms with Gasteiger partial charge >= 0.3 is 12.4 Å². The molecule has 0 aliphatic heterocycles. The van der Waals surface area contributed by atoms with Gasteiger partial charge in [-0.05, 0) is 52.4 Å². The first kappa shape index (κ1) is 18.5. The summed E-state index contributed by atoms with van der Waals surface area (Å²) in [7, 11) is 0. The van der Waals surface area contributed by atoms with Crippen LogP contribution in [0.15, 0.2) is 42.5 Å². The molecule has 0 atom stereocenters. The van der Waals surface area contributed by atoms with Gasteiger partial charge in [0, 0.05) is 16.0 Å². The molecule has 4 aromatic rings. The molecule has 0 radical (unpaired) electrons. The van der Waals surface area contributed by atoms with E-state index in [-0.39, 0.29) is 22.8 Å². The predicted octanol–water partition coefficient (Wildman–Crippen LogP) is 5.64. The molecule has 0 saturated carbocycles. The summed E-state index contributed by atoms with van der Waals surface area (Å²) in [6.45, 7) is 0. The topological polar surface area (TPSA) is 43.1 Å². The van der Waals surface area contributed by atoms with Crippen molar-refractivity contribution in [2.24, 2.45) is 0 Å². The van der Waals surface area contributed by atoms with Crippen molar-refractivity contribution in [1.82, 2.24) is 20.0 Å². The molecule has 2 aromatic carbocycles. The van der Waals surface area contributed by atoms with Gasteiger partial charge in [-0.15, -0.1) is 5.10 Å². The molecule has 0 bridgehead atoms. The second-order valence-corrected chi connectivity index (χ2v) is 6.41. The van der Waals surface area contributed by atoms with Crippen molar-refractivity contribution >= 4 is 28.2 Å². The Morgan fingerprint density at radius 2 is 1.46 bits per heavy atom. The van der Waals surface area contributed by atoms with Gasteiger partial charge in [0.05, 0.1) is 16.6 Å². The van der Waals surface area contributed by atoms with E-state index >= 15 is 0 Å². The second kappa shape index (κ2) is 6.06. The molecule has 0 aliphatic rings. The Bertz CT molecular complexity index is 1180. The number of rotatable bonds is 1. The average Bonchev–Trinajstić information content (AvgIpc) is 3.09. The van der Waals surface area contributed by atoms with Crippen LogP contribution in [-0.2, 0) is 12.4 Å². The average molecular weight is 417 g/mol. The lowest BCUT2D eigenvalue weighted by Gasteiger charge is -2.15. The maximum atomic E-state index is 13.2. The van der Waals surface area contributed by atoms with Crippen LogP contribution in [0.5, 0.6) is 0 Å². The molecular weight excluding hydrogens is 410 g/mol. The molecule has 0 fully saturated rings. The molecule has 0 N–H and O–H groups in total. The summed E-state index contributed by atoms with van der Waals surface area (Å²) < 4.78 is 80.3. The van der Waals surface area contributed by atoms with Crippen LogP contribution in [0.4, 0.5) is 26.3 Å². The van der Waals surface area contributed by atoms with Crippen molar-refractivity contribution in [1.29, 1.82) is 0 Å². The van der Waals surface area contributed by atoms with Gasteiger partial charge in [0.1, 0.15) is 0 Å². The van der Waals surface area contributed by atoms with Crippen LogP contribution < -0.4 is 0 Å². The highest BCUT2D eigenvalue weighted by Gasteiger charge is 2.37. The standard InChI is InChI=1S/C17H7ClF6N4/c18-12-2-1-8-5-13(15-25-26-27-28(15)14(8)7-12)9-3-10(16(19,20)21)6-11(4-9)17(22,23)24/h1-7H. The highest BCUT2D eigenvalue weighted by molar-refractivity contribution is 6.31. The molecule has 0 spiro atoms. The van der Waals surface area contributed by atoms with Gasteiger partial charge in [-0.3, -0.25) is 0 Å².